The molecule has 0 aromatic heterocycles. The van der Waals surface area contributed by atoms with Gasteiger partial charge in [0.05, 0.1) is 12.6 Å². The van der Waals surface area contributed by atoms with Gasteiger partial charge in [-0.25, -0.2) is 9.59 Å². The van der Waals surface area contributed by atoms with Gasteiger partial charge in [-0.2, -0.15) is 0 Å². The van der Waals surface area contributed by atoms with E-state index in [1.807, 2.05) is 0 Å². The molecule has 17 heavy (non-hydrogen) atoms. The maximum Gasteiger partial charge on any atom is 0.332 e. The van der Waals surface area contributed by atoms with Crippen LogP contribution < -0.4 is 0 Å². The molecule has 0 aromatic carbocycles. The van der Waals surface area contributed by atoms with Crippen molar-refractivity contribution >= 4 is 17.9 Å². The van der Waals surface area contributed by atoms with E-state index in [1.165, 1.54) is 6.92 Å². The Bertz CT molecular complexity index is 288. The van der Waals surface area contributed by atoms with Crippen LogP contribution in [0.2, 0.25) is 0 Å². The van der Waals surface area contributed by atoms with Crippen LogP contribution in [0.25, 0.3) is 0 Å². The first kappa shape index (κ1) is 15.3. The number of carboxylic acid groups (broad SMARTS) is 3. The van der Waals surface area contributed by atoms with Gasteiger partial charge in [-0.05, 0) is 13.3 Å². The standard InChI is InChI=1S/C9H15NO7/c1-5(11)2-3-10(4-6(12)13)7(8(14)15)9(16)17/h5,7,11H,2-4H2,1H3,(H,12,13)(H,14,15)(H,16,17). The highest BCUT2D eigenvalue weighted by atomic mass is 16.4. The molecule has 4 N–H and O–H groups in total. The first-order valence-corrected chi connectivity index (χ1v) is 4.85. The van der Waals surface area contributed by atoms with E-state index >= 15 is 0 Å². The third kappa shape index (κ3) is 5.83. The minimum atomic E-state index is -1.93. The first-order valence-electron chi connectivity index (χ1n) is 4.85. The molecular weight excluding hydrogens is 234 g/mol. The molecule has 0 radical (unpaired) electrons. The number of rotatable bonds is 8. The summed E-state index contributed by atoms with van der Waals surface area (Å²) in [6, 6.07) is -1.93. The summed E-state index contributed by atoms with van der Waals surface area (Å²) in [5.74, 6) is -4.60. The third-order valence-electron chi connectivity index (χ3n) is 2.01. The molecule has 98 valence electrons. The van der Waals surface area contributed by atoms with E-state index in [1.54, 1.807) is 0 Å². The van der Waals surface area contributed by atoms with Gasteiger partial charge in [-0.3, -0.25) is 9.69 Å². The second-order valence-corrected chi connectivity index (χ2v) is 3.58. The fraction of sp³-hybridized carbons (Fsp3) is 0.667. The van der Waals surface area contributed by atoms with Gasteiger partial charge in [0.25, 0.3) is 0 Å². The molecule has 8 nitrogen and oxygen atoms in total. The smallest absolute Gasteiger partial charge is 0.332 e. The lowest BCUT2D eigenvalue weighted by molar-refractivity contribution is -0.158. The van der Waals surface area contributed by atoms with Gasteiger partial charge in [0.2, 0.25) is 6.04 Å². The van der Waals surface area contributed by atoms with Crippen molar-refractivity contribution in [3.8, 4) is 0 Å². The minimum Gasteiger partial charge on any atom is -0.480 e. The van der Waals surface area contributed by atoms with Gasteiger partial charge in [0.1, 0.15) is 0 Å². The number of hydrogen-bond donors (Lipinski definition) is 4. The number of nitrogens with zero attached hydrogens (tertiary/aromatic N) is 1. The molecule has 1 unspecified atom stereocenters. The fourth-order valence-corrected chi connectivity index (χ4v) is 1.24. The van der Waals surface area contributed by atoms with E-state index in [4.69, 9.17) is 20.4 Å². The molecule has 0 saturated heterocycles. The summed E-state index contributed by atoms with van der Waals surface area (Å²) in [7, 11) is 0. The Kier molecular flexibility index (Phi) is 6.15. The van der Waals surface area contributed by atoms with E-state index in [-0.39, 0.29) is 13.0 Å². The normalized spacial score (nSPS) is 12.7. The molecule has 0 saturated carbocycles. The van der Waals surface area contributed by atoms with Crippen molar-refractivity contribution in [2.75, 3.05) is 13.1 Å². The fourth-order valence-electron chi connectivity index (χ4n) is 1.24. The van der Waals surface area contributed by atoms with Crippen LogP contribution in [0.5, 0.6) is 0 Å². The summed E-state index contributed by atoms with van der Waals surface area (Å²) < 4.78 is 0. The molecule has 0 aromatic rings. The van der Waals surface area contributed by atoms with Gasteiger partial charge >= 0.3 is 17.9 Å². The molecular formula is C9H15NO7. The maximum absolute atomic E-state index is 10.7. The van der Waals surface area contributed by atoms with E-state index in [0.717, 1.165) is 4.90 Å². The largest absolute Gasteiger partial charge is 0.480 e. The van der Waals surface area contributed by atoms with Crippen LogP contribution in [0.3, 0.4) is 0 Å². The number of aliphatic hydroxyl groups is 1. The zero-order valence-corrected chi connectivity index (χ0v) is 9.24. The van der Waals surface area contributed by atoms with Crippen LogP contribution in [-0.2, 0) is 14.4 Å². The zero-order chi connectivity index (χ0) is 13.6. The van der Waals surface area contributed by atoms with Gasteiger partial charge < -0.3 is 20.4 Å². The summed E-state index contributed by atoms with van der Waals surface area (Å²) in [5, 5.41) is 35.0. The van der Waals surface area contributed by atoms with Crippen molar-refractivity contribution in [1.82, 2.24) is 4.90 Å². The highest BCUT2D eigenvalue weighted by Crippen LogP contribution is 2.04. The first-order chi connectivity index (χ1) is 7.75. The average molecular weight is 249 g/mol. The third-order valence-corrected chi connectivity index (χ3v) is 2.01. The van der Waals surface area contributed by atoms with Crippen molar-refractivity contribution in [2.45, 2.75) is 25.5 Å². The lowest BCUT2D eigenvalue weighted by atomic mass is 10.2. The predicted octanol–water partition coefficient (Wildman–Crippen LogP) is -1.32. The lowest BCUT2D eigenvalue weighted by Crippen LogP contribution is -2.49. The van der Waals surface area contributed by atoms with E-state index < -0.39 is 36.6 Å². The molecule has 0 spiro atoms. The van der Waals surface area contributed by atoms with Crippen LogP contribution in [0, 0.1) is 0 Å². The molecule has 0 aliphatic rings. The molecule has 0 bridgehead atoms. The van der Waals surface area contributed by atoms with E-state index in [2.05, 4.69) is 0 Å². The van der Waals surface area contributed by atoms with Crippen LogP contribution in [0.1, 0.15) is 13.3 Å². The molecule has 0 aliphatic carbocycles. The van der Waals surface area contributed by atoms with E-state index in [9.17, 15) is 14.4 Å². The Balaban J connectivity index is 4.78. The summed E-state index contributed by atoms with van der Waals surface area (Å²) in [5.41, 5.74) is 0. The Morgan fingerprint density at radius 3 is 1.88 bits per heavy atom. The molecule has 0 fully saturated rings. The van der Waals surface area contributed by atoms with Crippen LogP contribution in [0.15, 0.2) is 0 Å². The Morgan fingerprint density at radius 2 is 1.59 bits per heavy atom. The molecule has 8 heteroatoms. The highest BCUT2D eigenvalue weighted by Gasteiger charge is 2.33. The number of hydrogen-bond acceptors (Lipinski definition) is 5. The zero-order valence-electron chi connectivity index (χ0n) is 9.24. The van der Waals surface area contributed by atoms with Crippen molar-refractivity contribution < 1.29 is 34.8 Å². The number of carbonyl (C=O) groups is 3. The molecule has 0 heterocycles. The summed E-state index contributed by atoms with van der Waals surface area (Å²) in [6.07, 6.45) is -0.681. The molecule has 0 aliphatic heterocycles. The van der Waals surface area contributed by atoms with Gasteiger partial charge in [0.15, 0.2) is 0 Å². The number of carboxylic acids is 3. The Labute approximate surface area is 97.1 Å². The maximum atomic E-state index is 10.7. The quantitative estimate of drug-likeness (QED) is 0.389. The Hall–Kier alpha value is -1.67. The molecule has 1 atom stereocenters. The van der Waals surface area contributed by atoms with Gasteiger partial charge in [-0.15, -0.1) is 0 Å². The van der Waals surface area contributed by atoms with Crippen LogP contribution >= 0.6 is 0 Å². The lowest BCUT2D eigenvalue weighted by Gasteiger charge is -2.24. The number of aliphatic carboxylic acids is 3. The van der Waals surface area contributed by atoms with Crippen molar-refractivity contribution in [3.63, 3.8) is 0 Å². The topological polar surface area (TPSA) is 135 Å². The van der Waals surface area contributed by atoms with E-state index in [0.29, 0.717) is 0 Å². The average Bonchev–Trinajstić information content (AvgIpc) is 2.11. The number of aliphatic hydroxyl groups excluding tert-OH is 1. The van der Waals surface area contributed by atoms with Crippen LogP contribution in [-0.4, -0.2) is 68.5 Å². The van der Waals surface area contributed by atoms with Crippen LogP contribution in [0.4, 0.5) is 0 Å². The summed E-state index contributed by atoms with van der Waals surface area (Å²) in [4.78, 5) is 32.8. The van der Waals surface area contributed by atoms with Crippen molar-refractivity contribution in [3.05, 3.63) is 0 Å². The Morgan fingerprint density at radius 1 is 1.12 bits per heavy atom. The van der Waals surface area contributed by atoms with Crippen molar-refractivity contribution in [2.24, 2.45) is 0 Å². The molecule has 0 amide bonds. The predicted molar refractivity (Wildman–Crippen MR) is 54.6 cm³/mol. The summed E-state index contributed by atoms with van der Waals surface area (Å²) >= 11 is 0. The monoisotopic (exact) mass is 249 g/mol. The second-order valence-electron chi connectivity index (χ2n) is 3.58. The summed E-state index contributed by atoms with van der Waals surface area (Å²) in [6.45, 7) is 0.596. The second kappa shape index (κ2) is 6.81. The minimum absolute atomic E-state index is 0.0876. The highest BCUT2D eigenvalue weighted by molar-refractivity contribution is 5.97. The molecule has 0 rings (SSSR count). The SMILES string of the molecule is CC(O)CCN(CC(=O)O)C(C(=O)O)C(=O)O. The van der Waals surface area contributed by atoms with Crippen molar-refractivity contribution in [1.29, 1.82) is 0 Å². The van der Waals surface area contributed by atoms with Gasteiger partial charge in [-0.1, -0.05) is 0 Å². The van der Waals surface area contributed by atoms with Gasteiger partial charge in [0, 0.05) is 6.54 Å².